The number of hydrogen-bond acceptors (Lipinski definition) is 5. The molecule has 0 bridgehead atoms. The Bertz CT molecular complexity index is 1240. The van der Waals surface area contributed by atoms with Crippen LogP contribution in [0.25, 0.3) is 0 Å². The van der Waals surface area contributed by atoms with E-state index >= 15 is 0 Å². The molecule has 200 valence electrons. The van der Waals surface area contributed by atoms with Gasteiger partial charge >= 0.3 is 6.09 Å². The first kappa shape index (κ1) is 26.1. The molecule has 0 saturated carbocycles. The number of alkyl carbamates (subject to hydrolysis) is 1. The fourth-order valence-corrected chi connectivity index (χ4v) is 5.70. The molecular formula is C32H38N2O4. The van der Waals surface area contributed by atoms with E-state index in [0.717, 1.165) is 43.0 Å². The number of benzene rings is 3. The van der Waals surface area contributed by atoms with Gasteiger partial charge in [0, 0.05) is 31.1 Å². The van der Waals surface area contributed by atoms with Gasteiger partial charge in [0.2, 0.25) is 0 Å². The van der Waals surface area contributed by atoms with E-state index in [2.05, 4.69) is 58.7 Å². The second-order valence-corrected chi connectivity index (χ2v) is 11.2. The number of nitrogens with one attached hydrogen (secondary N) is 1. The maximum Gasteiger partial charge on any atom is 0.407 e. The Morgan fingerprint density at radius 3 is 2.39 bits per heavy atom. The standard InChI is InChI=1S/C32H38N2O4/c1-32(2,3)38-31(35)33-27-19-28-25-18-29(36-4)30(37-21-22-11-7-5-8-12-22)17-24(25)15-16-34(28)20-26(27)23-13-9-6-10-14-23/h5-14,17-18,26-28H,15-16,19-21H2,1-4H3,(H,33,35). The molecule has 2 heterocycles. The molecular weight excluding hydrogens is 476 g/mol. The van der Waals surface area contributed by atoms with Crippen LogP contribution >= 0.6 is 0 Å². The van der Waals surface area contributed by atoms with Crippen molar-refractivity contribution in [3.05, 3.63) is 95.1 Å². The van der Waals surface area contributed by atoms with Gasteiger partial charge < -0.3 is 19.5 Å². The SMILES string of the molecule is COc1cc2c(cc1OCc1ccccc1)CCN1CC(c3ccccc3)C(NC(=O)OC(C)(C)C)CC21. The Kier molecular flexibility index (Phi) is 7.61. The number of carbonyl (C=O) groups excluding carboxylic acids is 1. The van der Waals surface area contributed by atoms with E-state index in [-0.39, 0.29) is 24.1 Å². The monoisotopic (exact) mass is 514 g/mol. The van der Waals surface area contributed by atoms with Crippen LogP contribution in [0.1, 0.15) is 61.4 Å². The fraction of sp³-hybridized carbons (Fsp3) is 0.406. The van der Waals surface area contributed by atoms with Crippen molar-refractivity contribution < 1.29 is 19.0 Å². The Labute approximate surface area is 225 Å². The van der Waals surface area contributed by atoms with Crippen molar-refractivity contribution in [1.82, 2.24) is 10.2 Å². The number of nitrogens with zero attached hydrogens (tertiary/aromatic N) is 1. The van der Waals surface area contributed by atoms with Crippen LogP contribution in [0.5, 0.6) is 11.5 Å². The summed E-state index contributed by atoms with van der Waals surface area (Å²) in [6.07, 6.45) is 1.37. The molecule has 1 saturated heterocycles. The van der Waals surface area contributed by atoms with Gasteiger partial charge in [-0.05, 0) is 68.0 Å². The number of piperidine rings is 1. The van der Waals surface area contributed by atoms with E-state index in [0.29, 0.717) is 6.61 Å². The highest BCUT2D eigenvalue weighted by atomic mass is 16.6. The summed E-state index contributed by atoms with van der Waals surface area (Å²) < 4.78 is 17.6. The minimum absolute atomic E-state index is 0.0561. The molecule has 6 nitrogen and oxygen atoms in total. The Balaban J connectivity index is 1.41. The number of amides is 1. The minimum atomic E-state index is -0.548. The zero-order chi connectivity index (χ0) is 26.7. The van der Waals surface area contributed by atoms with Crippen molar-refractivity contribution in [1.29, 1.82) is 0 Å². The molecule has 3 atom stereocenters. The van der Waals surface area contributed by atoms with Gasteiger partial charge in [-0.2, -0.15) is 0 Å². The molecule has 0 radical (unpaired) electrons. The van der Waals surface area contributed by atoms with Crippen LogP contribution < -0.4 is 14.8 Å². The molecule has 5 rings (SSSR count). The lowest BCUT2D eigenvalue weighted by molar-refractivity contribution is 0.0413. The van der Waals surface area contributed by atoms with Crippen LogP contribution in [0.4, 0.5) is 4.79 Å². The van der Waals surface area contributed by atoms with Gasteiger partial charge in [-0.1, -0.05) is 60.7 Å². The Morgan fingerprint density at radius 1 is 1.00 bits per heavy atom. The van der Waals surface area contributed by atoms with Gasteiger partial charge in [-0.3, -0.25) is 4.90 Å². The zero-order valence-corrected chi connectivity index (χ0v) is 22.8. The molecule has 0 spiro atoms. The summed E-state index contributed by atoms with van der Waals surface area (Å²) in [5.74, 6) is 1.69. The van der Waals surface area contributed by atoms with Crippen LogP contribution in [0.15, 0.2) is 72.8 Å². The second kappa shape index (κ2) is 11.1. The van der Waals surface area contributed by atoms with Crippen molar-refractivity contribution in [3.8, 4) is 11.5 Å². The average Bonchev–Trinajstić information content (AvgIpc) is 2.91. The predicted octanol–water partition coefficient (Wildman–Crippen LogP) is 6.25. The van der Waals surface area contributed by atoms with Gasteiger partial charge in [-0.15, -0.1) is 0 Å². The highest BCUT2D eigenvalue weighted by Gasteiger charge is 2.41. The van der Waals surface area contributed by atoms with Crippen LogP contribution in [0, 0.1) is 0 Å². The molecule has 1 fully saturated rings. The summed E-state index contributed by atoms with van der Waals surface area (Å²) in [6.45, 7) is 8.00. The summed E-state index contributed by atoms with van der Waals surface area (Å²) in [5, 5.41) is 3.22. The maximum absolute atomic E-state index is 12.9. The van der Waals surface area contributed by atoms with Gasteiger partial charge in [-0.25, -0.2) is 4.79 Å². The molecule has 0 aliphatic carbocycles. The van der Waals surface area contributed by atoms with Gasteiger partial charge in [0.05, 0.1) is 7.11 Å². The number of carbonyl (C=O) groups is 1. The van der Waals surface area contributed by atoms with Gasteiger partial charge in [0.25, 0.3) is 0 Å². The van der Waals surface area contributed by atoms with Crippen LogP contribution in [0.2, 0.25) is 0 Å². The van der Waals surface area contributed by atoms with Gasteiger partial charge in [0.15, 0.2) is 11.5 Å². The smallest absolute Gasteiger partial charge is 0.407 e. The average molecular weight is 515 g/mol. The van der Waals surface area contributed by atoms with Crippen molar-refractivity contribution in [3.63, 3.8) is 0 Å². The lowest BCUT2D eigenvalue weighted by atomic mass is 9.78. The van der Waals surface area contributed by atoms with Crippen molar-refractivity contribution in [2.45, 2.75) is 63.8 Å². The summed E-state index contributed by atoms with van der Waals surface area (Å²) in [6, 6.07) is 25.1. The number of ether oxygens (including phenoxy) is 3. The van der Waals surface area contributed by atoms with E-state index in [9.17, 15) is 4.79 Å². The fourth-order valence-electron chi connectivity index (χ4n) is 5.70. The lowest BCUT2D eigenvalue weighted by Crippen LogP contribution is -2.53. The quantitative estimate of drug-likeness (QED) is 0.421. The molecule has 3 aromatic carbocycles. The summed E-state index contributed by atoms with van der Waals surface area (Å²) >= 11 is 0. The molecule has 1 N–H and O–H groups in total. The summed E-state index contributed by atoms with van der Waals surface area (Å²) in [4.78, 5) is 15.4. The third-order valence-electron chi connectivity index (χ3n) is 7.45. The molecule has 3 unspecified atom stereocenters. The summed E-state index contributed by atoms with van der Waals surface area (Å²) in [7, 11) is 1.69. The third kappa shape index (κ3) is 5.97. The van der Waals surface area contributed by atoms with Crippen molar-refractivity contribution >= 4 is 6.09 Å². The molecule has 1 amide bonds. The van der Waals surface area contributed by atoms with Crippen molar-refractivity contribution in [2.24, 2.45) is 0 Å². The zero-order valence-electron chi connectivity index (χ0n) is 22.8. The van der Waals surface area contributed by atoms with E-state index in [1.807, 2.05) is 45.0 Å². The first-order chi connectivity index (χ1) is 18.3. The first-order valence-electron chi connectivity index (χ1n) is 13.5. The van der Waals surface area contributed by atoms with E-state index < -0.39 is 5.60 Å². The molecule has 6 heteroatoms. The van der Waals surface area contributed by atoms with Crippen LogP contribution in [-0.2, 0) is 17.8 Å². The number of fused-ring (bicyclic) bond motifs is 3. The number of methoxy groups -OCH3 is 1. The Hall–Kier alpha value is -3.51. The number of rotatable bonds is 6. The first-order valence-corrected chi connectivity index (χ1v) is 13.5. The van der Waals surface area contributed by atoms with Crippen molar-refractivity contribution in [2.75, 3.05) is 20.2 Å². The number of hydrogen-bond donors (Lipinski definition) is 1. The van der Waals surface area contributed by atoms with E-state index in [4.69, 9.17) is 14.2 Å². The molecule has 2 aliphatic rings. The highest BCUT2D eigenvalue weighted by Crippen LogP contribution is 2.45. The molecule has 38 heavy (non-hydrogen) atoms. The topological polar surface area (TPSA) is 60.0 Å². The Morgan fingerprint density at radius 2 is 1.71 bits per heavy atom. The van der Waals surface area contributed by atoms with Crippen LogP contribution in [0.3, 0.4) is 0 Å². The maximum atomic E-state index is 12.9. The molecule has 2 aliphatic heterocycles. The predicted molar refractivity (Wildman–Crippen MR) is 149 cm³/mol. The normalized spacial score (nSPS) is 21.1. The summed E-state index contributed by atoms with van der Waals surface area (Å²) in [5.41, 5.74) is 4.34. The van der Waals surface area contributed by atoms with E-state index in [1.54, 1.807) is 7.11 Å². The van der Waals surface area contributed by atoms with Gasteiger partial charge in [0.1, 0.15) is 12.2 Å². The minimum Gasteiger partial charge on any atom is -0.493 e. The van der Waals surface area contributed by atoms with Crippen LogP contribution in [-0.4, -0.2) is 42.8 Å². The second-order valence-electron chi connectivity index (χ2n) is 11.2. The highest BCUT2D eigenvalue weighted by molar-refractivity contribution is 5.68. The lowest BCUT2D eigenvalue weighted by Gasteiger charge is -2.47. The molecule has 3 aromatic rings. The largest absolute Gasteiger partial charge is 0.493 e. The molecule has 0 aromatic heterocycles. The van der Waals surface area contributed by atoms with E-state index in [1.165, 1.54) is 16.7 Å². The third-order valence-corrected chi connectivity index (χ3v) is 7.45.